The van der Waals surface area contributed by atoms with Crippen LogP contribution in [0.2, 0.25) is 0 Å². The minimum Gasteiger partial charge on any atom is -0.497 e. The molecule has 2 aliphatic rings. The molecule has 13 aromatic rings. The predicted octanol–water partition coefficient (Wildman–Crippen LogP) is 28.6. The SMILES string of the molecule is COc1ccc(C(C)c2ccc(OC(=O)c3ccc(C(=O)Oc4ccc(C(C)c5ccc(OC(=O)c6cccc(C(C)=O)c6)c(C)c5)cc4C)cc3)c(C)c2)cc1C.COc1ccc(C2(c3ccc(OC(=O)c4ccc(Oc5ccc(C(C)=O)cc5)cc4)c(C)c3)CCCCC2)cc1C.COc1ccc(C2(c3ccc(OC(=O)c4cccc(C(C)=O)c4)cc3)CCCCCCCCCCC2)cc1. The second kappa shape index (κ2) is 46.6. The number of carbonyl (C=O) groups excluding carboxylic acids is 8. The van der Waals surface area contributed by atoms with Crippen LogP contribution in [0.5, 0.6) is 57.5 Å². The summed E-state index contributed by atoms with van der Waals surface area (Å²) in [6.07, 6.45) is 19.5. The molecule has 0 heterocycles. The smallest absolute Gasteiger partial charge is 0.343 e. The van der Waals surface area contributed by atoms with Crippen molar-refractivity contribution in [2.24, 2.45) is 0 Å². The number of ether oxygens (including phenoxy) is 9. The summed E-state index contributed by atoms with van der Waals surface area (Å²) in [6, 6.07) is 85.9. The van der Waals surface area contributed by atoms with Crippen LogP contribution < -0.4 is 42.6 Å². The molecule has 0 aliphatic heterocycles. The van der Waals surface area contributed by atoms with Gasteiger partial charge in [-0.1, -0.05) is 212 Å². The maximum Gasteiger partial charge on any atom is 0.343 e. The van der Waals surface area contributed by atoms with E-state index >= 15 is 0 Å². The van der Waals surface area contributed by atoms with Gasteiger partial charge in [0.1, 0.15) is 57.5 Å². The first-order valence-electron chi connectivity index (χ1n) is 47.3. The average Bonchev–Trinajstić information content (AvgIpc) is 0.761. The van der Waals surface area contributed by atoms with Crippen molar-refractivity contribution >= 4 is 47.2 Å². The van der Waals surface area contributed by atoms with E-state index in [2.05, 4.69) is 99.6 Å². The molecule has 2 unspecified atom stereocenters. The third-order valence-corrected chi connectivity index (χ3v) is 26.6. The Morgan fingerprint density at radius 1 is 0.234 bits per heavy atom. The third-order valence-electron chi connectivity index (χ3n) is 26.6. The Balaban J connectivity index is 0.000000179. The summed E-state index contributed by atoms with van der Waals surface area (Å²) in [5, 5.41) is 0. The fourth-order valence-corrected chi connectivity index (χ4v) is 18.4. The van der Waals surface area contributed by atoms with Crippen molar-refractivity contribution in [2.45, 2.75) is 202 Å². The third kappa shape index (κ3) is 25.3. The van der Waals surface area contributed by atoms with E-state index in [4.69, 9.17) is 42.6 Å². The molecule has 704 valence electrons. The van der Waals surface area contributed by atoms with Crippen molar-refractivity contribution in [3.8, 4) is 57.5 Å². The maximum atomic E-state index is 13.2. The molecule has 0 amide bonds. The molecule has 0 saturated heterocycles. The van der Waals surface area contributed by atoms with Gasteiger partial charge >= 0.3 is 29.8 Å². The van der Waals surface area contributed by atoms with Crippen LogP contribution in [0.1, 0.15) is 310 Å². The molecule has 0 bridgehead atoms. The molecule has 2 fully saturated rings. The molecule has 2 saturated carbocycles. The lowest BCUT2D eigenvalue weighted by Crippen LogP contribution is -2.30. The van der Waals surface area contributed by atoms with Crippen LogP contribution in [0, 0.1) is 41.5 Å². The van der Waals surface area contributed by atoms with Crippen molar-refractivity contribution in [3.05, 3.63) is 401 Å². The normalized spacial score (nSPS) is 13.9. The van der Waals surface area contributed by atoms with E-state index in [-0.39, 0.29) is 40.0 Å². The first kappa shape index (κ1) is 99.9. The highest BCUT2D eigenvalue weighted by Gasteiger charge is 2.38. The van der Waals surface area contributed by atoms with Gasteiger partial charge in [-0.15, -0.1) is 0 Å². The van der Waals surface area contributed by atoms with Crippen LogP contribution in [0.4, 0.5) is 0 Å². The highest BCUT2D eigenvalue weighted by atomic mass is 16.6. The van der Waals surface area contributed by atoms with Crippen molar-refractivity contribution in [3.63, 3.8) is 0 Å². The van der Waals surface area contributed by atoms with Gasteiger partial charge in [-0.3, -0.25) is 14.4 Å². The molecule has 137 heavy (non-hydrogen) atoms. The number of aryl methyl sites for hydroxylation is 6. The van der Waals surface area contributed by atoms with Gasteiger partial charge in [-0.25, -0.2) is 24.0 Å². The van der Waals surface area contributed by atoms with E-state index < -0.39 is 29.8 Å². The van der Waals surface area contributed by atoms with Gasteiger partial charge in [-0.2, -0.15) is 0 Å². The van der Waals surface area contributed by atoms with E-state index in [9.17, 15) is 38.4 Å². The standard InChI is InChI=1S/C50H46O8.C36H36O5.C34H40O4/c1-29-24-38(16-20-44(29)55-8)33(5)39-17-21-45(30(2)25-39)56-48(52)36-12-14-37(15-13-36)49(53)57-46-22-18-40(26-31(46)3)34(6)41-19-23-47(32(4)27-41)58-50(54)43-11-9-10-42(28-43)35(7)51;1-24-22-29(12-18-33(24)39-4)36(20-6-5-7-21-36)30-13-19-34(25(2)23-30)41-35(38)28-10-16-32(17-11-28)40-31-14-8-27(9-15-31)26(3)37;1-26(35)27-13-12-14-28(25-27)33(36)38-32-21-17-30(18-22-32)34(29-15-19-31(37-2)20-16-29)23-10-8-6-4-3-5-7-9-11-24-34/h9-28,33-34H,1-8H3;8-19,22-23H,5-7,20-21H2,1-4H3;12-22,25H,3-11,23-24H2,1-2H3. The lowest BCUT2D eigenvalue weighted by molar-refractivity contribution is 0.0719. The molecule has 13 aromatic carbocycles. The Morgan fingerprint density at radius 3 is 0.818 bits per heavy atom. The second-order valence-corrected chi connectivity index (χ2v) is 36.1. The minimum absolute atomic E-state index is 0.00473. The zero-order valence-corrected chi connectivity index (χ0v) is 81.0. The molecule has 15 rings (SSSR count). The fraction of sp³-hybridized carbons (Fsp3) is 0.283. The van der Waals surface area contributed by atoms with Gasteiger partial charge in [0.05, 0.1) is 49.1 Å². The van der Waals surface area contributed by atoms with Crippen LogP contribution in [0.15, 0.2) is 279 Å². The largest absolute Gasteiger partial charge is 0.497 e. The first-order valence-corrected chi connectivity index (χ1v) is 47.3. The number of methoxy groups -OCH3 is 3. The molecule has 0 radical (unpaired) electrons. The van der Waals surface area contributed by atoms with E-state index in [1.54, 1.807) is 149 Å². The predicted molar refractivity (Wildman–Crippen MR) is 537 cm³/mol. The molecule has 0 N–H and O–H groups in total. The molecular weight excluding hydrogens is 1710 g/mol. The van der Waals surface area contributed by atoms with Crippen LogP contribution in [0.25, 0.3) is 0 Å². The zero-order valence-electron chi connectivity index (χ0n) is 81.0. The number of esters is 5. The van der Waals surface area contributed by atoms with Crippen molar-refractivity contribution < 1.29 is 81.0 Å². The van der Waals surface area contributed by atoms with Gasteiger partial charge in [0.2, 0.25) is 0 Å². The van der Waals surface area contributed by atoms with Gasteiger partial charge in [0, 0.05) is 39.4 Å². The molecule has 0 aromatic heterocycles. The summed E-state index contributed by atoms with van der Waals surface area (Å²) in [7, 11) is 5.08. The Kier molecular flexibility index (Phi) is 34.0. The van der Waals surface area contributed by atoms with Gasteiger partial charge in [0.15, 0.2) is 17.3 Å². The van der Waals surface area contributed by atoms with Crippen molar-refractivity contribution in [1.29, 1.82) is 0 Å². The van der Waals surface area contributed by atoms with Gasteiger partial charge in [0.25, 0.3) is 0 Å². The monoisotopic (exact) mass is 1830 g/mol. The highest BCUT2D eigenvalue weighted by Crippen LogP contribution is 2.48. The maximum absolute atomic E-state index is 13.2. The summed E-state index contributed by atoms with van der Waals surface area (Å²) < 4.78 is 50.9. The number of ketones is 3. The van der Waals surface area contributed by atoms with Gasteiger partial charge < -0.3 is 42.6 Å². The quantitative estimate of drug-likeness (QED) is 0.0279. The number of carbonyl (C=O) groups is 8. The number of Topliss-reactive ketones (excluding diaryl/α,β-unsaturated/α-hetero) is 3. The number of benzene rings is 13. The molecular formula is C120H122O17. The zero-order chi connectivity index (χ0) is 97.5. The summed E-state index contributed by atoms with van der Waals surface area (Å²) in [4.78, 5) is 99.8. The summed E-state index contributed by atoms with van der Waals surface area (Å²) in [5.74, 6) is 3.62. The van der Waals surface area contributed by atoms with Crippen LogP contribution in [0.3, 0.4) is 0 Å². The number of rotatable bonds is 26. The van der Waals surface area contributed by atoms with Crippen LogP contribution >= 0.6 is 0 Å². The summed E-state index contributed by atoms with van der Waals surface area (Å²) in [6.45, 7) is 20.5. The minimum atomic E-state index is -0.551. The van der Waals surface area contributed by atoms with Crippen molar-refractivity contribution in [2.75, 3.05) is 21.3 Å². The number of hydrogen-bond donors (Lipinski definition) is 0. The number of hydrogen-bond acceptors (Lipinski definition) is 17. The lowest BCUT2D eigenvalue weighted by atomic mass is 9.65. The lowest BCUT2D eigenvalue weighted by Gasteiger charge is -2.39. The summed E-state index contributed by atoms with van der Waals surface area (Å²) >= 11 is 0. The first-order chi connectivity index (χ1) is 66.0. The Labute approximate surface area is 805 Å². The van der Waals surface area contributed by atoms with E-state index in [1.165, 1.54) is 126 Å². The van der Waals surface area contributed by atoms with E-state index in [1.807, 2.05) is 101 Å². The van der Waals surface area contributed by atoms with Crippen LogP contribution in [-0.2, 0) is 10.8 Å². The second-order valence-electron chi connectivity index (χ2n) is 36.1. The highest BCUT2D eigenvalue weighted by molar-refractivity contribution is 6.00. The Hall–Kier alpha value is -14.6. The fourth-order valence-electron chi connectivity index (χ4n) is 18.4. The molecule has 0 spiro atoms. The summed E-state index contributed by atoms with van der Waals surface area (Å²) in [5.41, 5.74) is 18.1. The average molecular weight is 1840 g/mol. The molecule has 17 nitrogen and oxygen atoms in total. The van der Waals surface area contributed by atoms with Gasteiger partial charge in [-0.05, 0) is 324 Å². The topological polar surface area (TPSA) is 220 Å². The van der Waals surface area contributed by atoms with E-state index in [0.717, 1.165) is 98.6 Å². The van der Waals surface area contributed by atoms with Crippen molar-refractivity contribution in [1.82, 2.24) is 0 Å². The Morgan fingerprint density at radius 2 is 0.489 bits per heavy atom. The molecule has 2 atom stereocenters. The molecule has 17 heteroatoms. The Bertz CT molecular complexity index is 6460. The van der Waals surface area contributed by atoms with E-state index in [0.29, 0.717) is 84.8 Å². The molecule has 2 aliphatic carbocycles. The van der Waals surface area contributed by atoms with Crippen LogP contribution in [-0.4, -0.2) is 68.5 Å².